The molecule has 0 unspecified atom stereocenters. The maximum atomic E-state index is 11.4. The Kier molecular flexibility index (Phi) is 3.57. The first-order valence-corrected chi connectivity index (χ1v) is 5.88. The maximum Gasteiger partial charge on any atom is 0.330 e. The Hall–Kier alpha value is 0.150. The van der Waals surface area contributed by atoms with Crippen molar-refractivity contribution in [3.05, 3.63) is 0 Å². The summed E-state index contributed by atoms with van der Waals surface area (Å²) >= 11 is 0. The fourth-order valence-electron chi connectivity index (χ4n) is 1.07. The molecule has 1 aliphatic rings. The molecule has 3 nitrogen and oxygen atoms in total. The highest BCUT2D eigenvalue weighted by Crippen LogP contribution is 2.52. The van der Waals surface area contributed by atoms with Gasteiger partial charge in [0.15, 0.2) is 0 Å². The lowest BCUT2D eigenvalue weighted by molar-refractivity contribution is 0.350. The minimum Gasteiger partial charge on any atom is -0.306 e. The van der Waals surface area contributed by atoms with Crippen molar-refractivity contribution in [3.63, 3.8) is 0 Å². The van der Waals surface area contributed by atoms with Crippen molar-refractivity contribution in [2.75, 3.05) is 19.4 Å². The summed E-state index contributed by atoms with van der Waals surface area (Å²) in [5.41, 5.74) is 0. The second-order valence-electron chi connectivity index (χ2n) is 2.71. The van der Waals surface area contributed by atoms with E-state index >= 15 is 0 Å². The van der Waals surface area contributed by atoms with Crippen LogP contribution in [0.15, 0.2) is 0 Å². The van der Waals surface area contributed by atoms with Crippen LogP contribution in [0.25, 0.3) is 0 Å². The Morgan fingerprint density at radius 2 is 1.91 bits per heavy atom. The van der Waals surface area contributed by atoms with E-state index in [-0.39, 0.29) is 0 Å². The van der Waals surface area contributed by atoms with E-state index in [1.807, 2.05) is 0 Å². The highest BCUT2D eigenvalue weighted by molar-refractivity contribution is 7.54. The molecule has 0 atom stereocenters. The molecule has 0 amide bonds. The first kappa shape index (κ1) is 9.24. The fourth-order valence-corrected chi connectivity index (χ4v) is 2.72. The molecule has 1 aliphatic heterocycles. The fraction of sp³-hybridized carbons (Fsp3) is 1.00. The van der Waals surface area contributed by atoms with Gasteiger partial charge >= 0.3 is 7.60 Å². The van der Waals surface area contributed by atoms with Gasteiger partial charge in [0.2, 0.25) is 0 Å². The van der Waals surface area contributed by atoms with Crippen LogP contribution in [0.1, 0.15) is 26.2 Å². The Balaban J connectivity index is 2.18. The van der Waals surface area contributed by atoms with Gasteiger partial charge in [-0.05, 0) is 6.42 Å². The standard InChI is InChI=1S/C7H15O3P/c1-2-3-4-7-11(8)9-5-6-10-11/h2-7H2,1H3. The molecule has 0 aromatic rings. The SMILES string of the molecule is CCCCCP1(=O)OCCO1. The molecule has 0 N–H and O–H groups in total. The number of hydrogen-bond donors (Lipinski definition) is 0. The normalized spacial score (nSPS) is 22.3. The molecule has 0 aromatic carbocycles. The van der Waals surface area contributed by atoms with Crippen LogP contribution in [0.5, 0.6) is 0 Å². The quantitative estimate of drug-likeness (QED) is 0.489. The number of hydrogen-bond acceptors (Lipinski definition) is 3. The molecule has 1 saturated heterocycles. The summed E-state index contributed by atoms with van der Waals surface area (Å²) < 4.78 is 21.5. The molecule has 1 heterocycles. The Bertz CT molecular complexity index is 148. The minimum absolute atomic E-state index is 0.503. The summed E-state index contributed by atoms with van der Waals surface area (Å²) in [5, 5.41) is 0. The van der Waals surface area contributed by atoms with E-state index in [1.54, 1.807) is 0 Å². The molecule has 1 rings (SSSR count). The number of rotatable bonds is 4. The average molecular weight is 178 g/mol. The summed E-state index contributed by atoms with van der Waals surface area (Å²) in [6, 6.07) is 0. The summed E-state index contributed by atoms with van der Waals surface area (Å²) in [6.07, 6.45) is 3.80. The minimum atomic E-state index is -2.60. The lowest BCUT2D eigenvalue weighted by Gasteiger charge is -2.07. The van der Waals surface area contributed by atoms with Crippen LogP contribution in [0.4, 0.5) is 0 Å². The van der Waals surface area contributed by atoms with Gasteiger partial charge < -0.3 is 9.05 Å². The Labute approximate surface area is 67.6 Å². The topological polar surface area (TPSA) is 35.5 Å². The van der Waals surface area contributed by atoms with Gasteiger partial charge in [-0.3, -0.25) is 4.57 Å². The first-order chi connectivity index (χ1) is 5.27. The summed E-state index contributed by atoms with van der Waals surface area (Å²) in [4.78, 5) is 0. The van der Waals surface area contributed by atoms with Crippen LogP contribution in [-0.4, -0.2) is 19.4 Å². The second kappa shape index (κ2) is 4.24. The van der Waals surface area contributed by atoms with Crippen molar-refractivity contribution < 1.29 is 13.6 Å². The Morgan fingerprint density at radius 1 is 1.27 bits per heavy atom. The second-order valence-corrected chi connectivity index (χ2v) is 4.89. The van der Waals surface area contributed by atoms with E-state index in [0.29, 0.717) is 19.4 Å². The van der Waals surface area contributed by atoms with Gasteiger partial charge in [0, 0.05) is 0 Å². The van der Waals surface area contributed by atoms with Crippen molar-refractivity contribution in [2.24, 2.45) is 0 Å². The van der Waals surface area contributed by atoms with Crippen molar-refractivity contribution in [1.29, 1.82) is 0 Å². The highest BCUT2D eigenvalue weighted by Gasteiger charge is 2.28. The molecule has 0 saturated carbocycles. The first-order valence-electron chi connectivity index (χ1n) is 4.15. The van der Waals surface area contributed by atoms with Crippen LogP contribution in [0.3, 0.4) is 0 Å². The van der Waals surface area contributed by atoms with E-state index in [9.17, 15) is 4.57 Å². The van der Waals surface area contributed by atoms with E-state index in [0.717, 1.165) is 19.3 Å². The van der Waals surface area contributed by atoms with Gasteiger partial charge in [0.25, 0.3) is 0 Å². The molecular weight excluding hydrogens is 163 g/mol. The van der Waals surface area contributed by atoms with Gasteiger partial charge in [-0.15, -0.1) is 0 Å². The summed E-state index contributed by atoms with van der Waals surface area (Å²) in [7, 11) is -2.60. The predicted octanol–water partition coefficient (Wildman–Crippen LogP) is 2.42. The molecule has 0 radical (unpaired) electrons. The maximum absolute atomic E-state index is 11.4. The van der Waals surface area contributed by atoms with Crippen molar-refractivity contribution in [1.82, 2.24) is 0 Å². The molecular formula is C7H15O3P. The highest BCUT2D eigenvalue weighted by atomic mass is 31.2. The van der Waals surface area contributed by atoms with Crippen LogP contribution in [0, 0.1) is 0 Å². The van der Waals surface area contributed by atoms with Gasteiger partial charge in [-0.1, -0.05) is 19.8 Å². The molecule has 66 valence electrons. The van der Waals surface area contributed by atoms with Gasteiger partial charge in [-0.25, -0.2) is 0 Å². The van der Waals surface area contributed by atoms with Crippen LogP contribution in [0.2, 0.25) is 0 Å². The monoisotopic (exact) mass is 178 g/mol. The van der Waals surface area contributed by atoms with Crippen LogP contribution >= 0.6 is 7.60 Å². The average Bonchev–Trinajstić information content (AvgIpc) is 2.38. The molecule has 1 fully saturated rings. The zero-order valence-electron chi connectivity index (χ0n) is 6.91. The van der Waals surface area contributed by atoms with E-state index < -0.39 is 7.60 Å². The molecule has 4 heteroatoms. The van der Waals surface area contributed by atoms with Crippen molar-refractivity contribution >= 4 is 7.60 Å². The number of unbranched alkanes of at least 4 members (excludes halogenated alkanes) is 2. The smallest absolute Gasteiger partial charge is 0.306 e. The van der Waals surface area contributed by atoms with Gasteiger partial charge in [-0.2, -0.15) is 0 Å². The third-order valence-electron chi connectivity index (χ3n) is 1.69. The van der Waals surface area contributed by atoms with Gasteiger partial charge in [0.1, 0.15) is 0 Å². The van der Waals surface area contributed by atoms with E-state index in [4.69, 9.17) is 9.05 Å². The zero-order chi connectivity index (χ0) is 8.16. The zero-order valence-corrected chi connectivity index (χ0v) is 7.81. The van der Waals surface area contributed by atoms with Crippen molar-refractivity contribution in [3.8, 4) is 0 Å². The predicted molar refractivity (Wildman–Crippen MR) is 43.9 cm³/mol. The molecule has 0 aromatic heterocycles. The molecule has 0 aliphatic carbocycles. The Morgan fingerprint density at radius 3 is 2.45 bits per heavy atom. The van der Waals surface area contributed by atoms with Crippen LogP contribution < -0.4 is 0 Å². The third-order valence-corrected chi connectivity index (χ3v) is 3.71. The van der Waals surface area contributed by atoms with Gasteiger partial charge in [0.05, 0.1) is 19.4 Å². The van der Waals surface area contributed by atoms with Crippen molar-refractivity contribution in [2.45, 2.75) is 26.2 Å². The molecule has 0 bridgehead atoms. The molecule has 0 spiro atoms. The van der Waals surface area contributed by atoms with Crippen LogP contribution in [-0.2, 0) is 13.6 Å². The largest absolute Gasteiger partial charge is 0.330 e. The van der Waals surface area contributed by atoms with E-state index in [1.165, 1.54) is 0 Å². The van der Waals surface area contributed by atoms with E-state index in [2.05, 4.69) is 6.92 Å². The third kappa shape index (κ3) is 2.94. The lowest BCUT2D eigenvalue weighted by Crippen LogP contribution is -1.89. The summed E-state index contributed by atoms with van der Waals surface area (Å²) in [5.74, 6) is 0. The summed E-state index contributed by atoms with van der Waals surface area (Å²) in [6.45, 7) is 3.12. The lowest BCUT2D eigenvalue weighted by atomic mass is 10.3. The molecule has 11 heavy (non-hydrogen) atoms.